The highest BCUT2D eigenvalue weighted by Gasteiger charge is 2.25. The monoisotopic (exact) mass is 265 g/mol. The second kappa shape index (κ2) is 5.22. The van der Waals surface area contributed by atoms with Gasteiger partial charge in [-0.25, -0.2) is 0 Å². The summed E-state index contributed by atoms with van der Waals surface area (Å²) in [6.45, 7) is 0. The van der Waals surface area contributed by atoms with Crippen LogP contribution in [0.1, 0.15) is 29.3 Å². The molecule has 0 bridgehead atoms. The normalized spacial score (nSPS) is 16.3. The number of methoxy groups -OCH3 is 1. The highest BCUT2D eigenvalue weighted by atomic mass is 16.5. The zero-order valence-electron chi connectivity index (χ0n) is 11.3. The molecular weight excluding hydrogens is 250 g/mol. The van der Waals surface area contributed by atoms with E-state index in [9.17, 15) is 5.26 Å². The summed E-state index contributed by atoms with van der Waals surface area (Å²) in [5.41, 5.74) is 3.69. The molecule has 1 N–H and O–H groups in total. The zero-order chi connectivity index (χ0) is 13.9. The van der Waals surface area contributed by atoms with Gasteiger partial charge in [0, 0.05) is 6.20 Å². The minimum Gasteiger partial charge on any atom is -0.495 e. The number of hydrogen-bond donors (Lipinski definition) is 1. The molecule has 1 unspecified atom stereocenters. The number of ether oxygens (including phenoxy) is 1. The molecule has 20 heavy (non-hydrogen) atoms. The average Bonchev–Trinajstić information content (AvgIpc) is 2.91. The van der Waals surface area contributed by atoms with Crippen molar-refractivity contribution in [3.63, 3.8) is 0 Å². The predicted octanol–water partition coefficient (Wildman–Crippen LogP) is 3.06. The molecule has 0 aliphatic heterocycles. The van der Waals surface area contributed by atoms with Gasteiger partial charge in [0.15, 0.2) is 0 Å². The van der Waals surface area contributed by atoms with Crippen LogP contribution in [0.2, 0.25) is 0 Å². The number of anilines is 1. The second-order valence-electron chi connectivity index (χ2n) is 4.78. The van der Waals surface area contributed by atoms with Crippen LogP contribution in [-0.2, 0) is 6.42 Å². The largest absolute Gasteiger partial charge is 0.495 e. The van der Waals surface area contributed by atoms with E-state index in [4.69, 9.17) is 4.74 Å². The van der Waals surface area contributed by atoms with E-state index in [0.717, 1.165) is 24.2 Å². The van der Waals surface area contributed by atoms with E-state index in [0.29, 0.717) is 11.3 Å². The maximum Gasteiger partial charge on any atom is 0.143 e. The van der Waals surface area contributed by atoms with Crippen molar-refractivity contribution in [2.45, 2.75) is 18.9 Å². The third-order valence-corrected chi connectivity index (χ3v) is 3.64. The van der Waals surface area contributed by atoms with Crippen molar-refractivity contribution in [2.24, 2.45) is 0 Å². The number of aryl methyl sites for hydroxylation is 1. The molecular formula is C16H15N3O. The Morgan fingerprint density at radius 1 is 1.35 bits per heavy atom. The molecule has 0 saturated carbocycles. The van der Waals surface area contributed by atoms with Gasteiger partial charge in [-0.3, -0.25) is 4.98 Å². The first-order valence-corrected chi connectivity index (χ1v) is 6.61. The second-order valence-corrected chi connectivity index (χ2v) is 4.78. The van der Waals surface area contributed by atoms with Gasteiger partial charge in [0.05, 0.1) is 30.1 Å². The van der Waals surface area contributed by atoms with Crippen molar-refractivity contribution in [1.82, 2.24) is 4.98 Å². The molecule has 4 heteroatoms. The quantitative estimate of drug-likeness (QED) is 0.926. The molecule has 1 aromatic carbocycles. The first-order valence-electron chi connectivity index (χ1n) is 6.61. The Kier molecular flexibility index (Phi) is 3.26. The van der Waals surface area contributed by atoms with Gasteiger partial charge in [0.1, 0.15) is 11.8 Å². The molecule has 1 atom stereocenters. The number of para-hydroxylation sites is 1. The fourth-order valence-corrected chi connectivity index (χ4v) is 2.67. The summed E-state index contributed by atoms with van der Waals surface area (Å²) in [5, 5.41) is 12.7. The van der Waals surface area contributed by atoms with Gasteiger partial charge in [-0.2, -0.15) is 5.26 Å². The van der Waals surface area contributed by atoms with Crippen molar-refractivity contribution in [3.8, 4) is 11.8 Å². The standard InChI is InChI=1S/C16H15N3O/c1-20-14-6-2-4-12(10-17)16(14)19-13-8-7-11-5-3-9-18-15(11)13/h2-6,9,13,19H,7-8H2,1H3. The van der Waals surface area contributed by atoms with Gasteiger partial charge in [-0.1, -0.05) is 12.1 Å². The molecule has 4 nitrogen and oxygen atoms in total. The number of fused-ring (bicyclic) bond motifs is 1. The molecule has 1 aromatic heterocycles. The summed E-state index contributed by atoms with van der Waals surface area (Å²) in [6.07, 6.45) is 3.80. The average molecular weight is 265 g/mol. The van der Waals surface area contributed by atoms with E-state index in [1.54, 1.807) is 13.2 Å². The summed E-state index contributed by atoms with van der Waals surface area (Å²) in [5.74, 6) is 0.688. The summed E-state index contributed by atoms with van der Waals surface area (Å²) in [6, 6.07) is 11.9. The summed E-state index contributed by atoms with van der Waals surface area (Å²) < 4.78 is 5.35. The Balaban J connectivity index is 1.95. The fourth-order valence-electron chi connectivity index (χ4n) is 2.67. The molecule has 1 aliphatic rings. The lowest BCUT2D eigenvalue weighted by Gasteiger charge is -2.18. The molecule has 0 saturated heterocycles. The minimum atomic E-state index is 0.134. The van der Waals surface area contributed by atoms with E-state index in [1.807, 2.05) is 24.4 Å². The fraction of sp³-hybridized carbons (Fsp3) is 0.250. The molecule has 0 amide bonds. The molecule has 1 aliphatic carbocycles. The molecule has 2 aromatic rings. The van der Waals surface area contributed by atoms with Crippen LogP contribution in [0.4, 0.5) is 5.69 Å². The Bertz CT molecular complexity index is 676. The molecule has 0 spiro atoms. The van der Waals surface area contributed by atoms with Crippen molar-refractivity contribution < 1.29 is 4.74 Å². The Morgan fingerprint density at radius 3 is 3.05 bits per heavy atom. The lowest BCUT2D eigenvalue weighted by Crippen LogP contribution is -2.10. The van der Waals surface area contributed by atoms with Crippen LogP contribution < -0.4 is 10.1 Å². The minimum absolute atomic E-state index is 0.134. The number of nitrogens with one attached hydrogen (secondary N) is 1. The Labute approximate surface area is 118 Å². The van der Waals surface area contributed by atoms with E-state index >= 15 is 0 Å². The number of rotatable bonds is 3. The van der Waals surface area contributed by atoms with Crippen LogP contribution >= 0.6 is 0 Å². The van der Waals surface area contributed by atoms with Gasteiger partial charge < -0.3 is 10.1 Å². The smallest absolute Gasteiger partial charge is 0.143 e. The summed E-state index contributed by atoms with van der Waals surface area (Å²) in [7, 11) is 1.61. The lowest BCUT2D eigenvalue weighted by molar-refractivity contribution is 0.416. The predicted molar refractivity (Wildman–Crippen MR) is 76.6 cm³/mol. The number of hydrogen-bond acceptors (Lipinski definition) is 4. The van der Waals surface area contributed by atoms with Crippen molar-refractivity contribution in [2.75, 3.05) is 12.4 Å². The Morgan fingerprint density at radius 2 is 2.25 bits per heavy atom. The Hall–Kier alpha value is -2.54. The maximum absolute atomic E-state index is 9.25. The van der Waals surface area contributed by atoms with Gasteiger partial charge in [-0.15, -0.1) is 0 Å². The number of nitrogens with zero attached hydrogens (tertiary/aromatic N) is 2. The van der Waals surface area contributed by atoms with Crippen LogP contribution in [0.25, 0.3) is 0 Å². The molecule has 3 rings (SSSR count). The van der Waals surface area contributed by atoms with E-state index in [1.165, 1.54) is 5.56 Å². The van der Waals surface area contributed by atoms with Gasteiger partial charge in [-0.05, 0) is 36.6 Å². The van der Waals surface area contributed by atoms with Gasteiger partial charge >= 0.3 is 0 Å². The van der Waals surface area contributed by atoms with E-state index in [2.05, 4.69) is 22.4 Å². The SMILES string of the molecule is COc1cccc(C#N)c1NC1CCc2cccnc21. The van der Waals surface area contributed by atoms with Crippen LogP contribution in [0.15, 0.2) is 36.5 Å². The number of benzene rings is 1. The third kappa shape index (κ3) is 2.08. The van der Waals surface area contributed by atoms with Crippen LogP contribution in [-0.4, -0.2) is 12.1 Å². The maximum atomic E-state index is 9.25. The zero-order valence-corrected chi connectivity index (χ0v) is 11.3. The lowest BCUT2D eigenvalue weighted by atomic mass is 10.1. The van der Waals surface area contributed by atoms with Crippen LogP contribution in [0.5, 0.6) is 5.75 Å². The summed E-state index contributed by atoms with van der Waals surface area (Å²) >= 11 is 0. The molecule has 0 fully saturated rings. The molecule has 0 radical (unpaired) electrons. The summed E-state index contributed by atoms with van der Waals surface area (Å²) in [4.78, 5) is 4.46. The number of aromatic nitrogens is 1. The van der Waals surface area contributed by atoms with Crippen LogP contribution in [0, 0.1) is 11.3 Å². The number of pyridine rings is 1. The first kappa shape index (κ1) is 12.5. The van der Waals surface area contributed by atoms with Crippen LogP contribution in [0.3, 0.4) is 0 Å². The van der Waals surface area contributed by atoms with E-state index in [-0.39, 0.29) is 6.04 Å². The molecule has 100 valence electrons. The first-order chi connectivity index (χ1) is 9.83. The highest BCUT2D eigenvalue weighted by molar-refractivity contribution is 5.67. The molecule has 1 heterocycles. The van der Waals surface area contributed by atoms with E-state index < -0.39 is 0 Å². The van der Waals surface area contributed by atoms with Crippen molar-refractivity contribution in [3.05, 3.63) is 53.3 Å². The highest BCUT2D eigenvalue weighted by Crippen LogP contribution is 2.36. The van der Waals surface area contributed by atoms with Crippen molar-refractivity contribution >= 4 is 5.69 Å². The topological polar surface area (TPSA) is 57.9 Å². The van der Waals surface area contributed by atoms with Crippen molar-refractivity contribution in [1.29, 1.82) is 5.26 Å². The van der Waals surface area contributed by atoms with Gasteiger partial charge in [0.25, 0.3) is 0 Å². The number of nitriles is 1. The van der Waals surface area contributed by atoms with Gasteiger partial charge in [0.2, 0.25) is 0 Å². The third-order valence-electron chi connectivity index (χ3n) is 3.64.